The SMILES string of the molecule is C[S+](CC[C@H](N)C(=O)[O-])C[C@H]1O[C@@H](n2cnc3c(N)ncnc32)[C@H](O)[C@@H]1O.Cc1ccc(S(=O)(=O)O)cc1.O=S(=O)(O)O. The number of aromatic nitrogens is 4. The van der Waals surface area contributed by atoms with Gasteiger partial charge in [-0.15, -0.1) is 0 Å². The van der Waals surface area contributed by atoms with Crippen LogP contribution >= 0.6 is 0 Å². The molecule has 9 N–H and O–H groups in total. The third-order valence-electron chi connectivity index (χ3n) is 5.85. The van der Waals surface area contributed by atoms with Crippen LogP contribution in [0.4, 0.5) is 5.82 Å². The maximum Gasteiger partial charge on any atom is 0.394 e. The highest BCUT2D eigenvalue weighted by atomic mass is 32.3. The number of carboxylic acid groups (broad SMARTS) is 1. The van der Waals surface area contributed by atoms with Crippen molar-refractivity contribution in [3.05, 3.63) is 42.5 Å². The van der Waals surface area contributed by atoms with Gasteiger partial charge in [0.1, 0.15) is 41.7 Å². The second-order valence-corrected chi connectivity index (χ2v) is 13.9. The van der Waals surface area contributed by atoms with Crippen LogP contribution < -0.4 is 16.6 Å². The van der Waals surface area contributed by atoms with Gasteiger partial charge >= 0.3 is 10.4 Å². The van der Waals surface area contributed by atoms with Crippen molar-refractivity contribution in [2.24, 2.45) is 5.73 Å². The first-order chi connectivity index (χ1) is 19.8. The van der Waals surface area contributed by atoms with Gasteiger partial charge < -0.3 is 36.3 Å². The normalized spacial score (nSPS) is 21.7. The second kappa shape index (κ2) is 15.1. The number of aliphatic hydroxyl groups excluding tert-OH is 2. The predicted molar refractivity (Wildman–Crippen MR) is 151 cm³/mol. The van der Waals surface area contributed by atoms with Crippen molar-refractivity contribution in [3.8, 4) is 0 Å². The molecule has 3 aromatic rings. The van der Waals surface area contributed by atoms with Crippen LogP contribution in [0.3, 0.4) is 0 Å². The summed E-state index contributed by atoms with van der Waals surface area (Å²) in [5.74, 6) is -0.0611. The molecule has 1 fully saturated rings. The zero-order chi connectivity index (χ0) is 32.7. The predicted octanol–water partition coefficient (Wildman–Crippen LogP) is -2.67. The number of hydrogen-bond acceptors (Lipinski definition) is 14. The van der Waals surface area contributed by atoms with Gasteiger partial charge in [0.25, 0.3) is 10.1 Å². The molecule has 43 heavy (non-hydrogen) atoms. The summed E-state index contributed by atoms with van der Waals surface area (Å²) in [6.07, 6.45) is 1.17. The number of ether oxygens (including phenoxy) is 1. The van der Waals surface area contributed by atoms with Crippen molar-refractivity contribution in [2.45, 2.75) is 48.8 Å². The van der Waals surface area contributed by atoms with E-state index in [0.29, 0.717) is 22.7 Å². The summed E-state index contributed by atoms with van der Waals surface area (Å²) in [5.41, 5.74) is 13.0. The molecular weight excluding hydrogens is 636 g/mol. The first kappa shape index (κ1) is 36.2. The Hall–Kier alpha value is -2.99. The number of aryl methyl sites for hydroxylation is 1. The van der Waals surface area contributed by atoms with Crippen LogP contribution in [-0.4, -0.2) is 108 Å². The molecule has 240 valence electrons. The van der Waals surface area contributed by atoms with Crippen molar-refractivity contribution >= 4 is 54.4 Å². The molecule has 1 aliphatic heterocycles. The van der Waals surface area contributed by atoms with E-state index in [1.807, 2.05) is 13.2 Å². The number of nitrogens with zero attached hydrogens (tertiary/aromatic N) is 4. The quantitative estimate of drug-likeness (QED) is 0.0950. The lowest BCUT2D eigenvalue weighted by Crippen LogP contribution is -2.43. The number of nitrogens with two attached hydrogens (primary N) is 2. The van der Waals surface area contributed by atoms with Gasteiger partial charge in [-0.3, -0.25) is 18.2 Å². The van der Waals surface area contributed by atoms with Crippen molar-refractivity contribution in [2.75, 3.05) is 23.5 Å². The van der Waals surface area contributed by atoms with Crippen LogP contribution in [0.25, 0.3) is 11.2 Å². The summed E-state index contributed by atoms with van der Waals surface area (Å²) in [4.78, 5) is 22.8. The van der Waals surface area contributed by atoms with Crippen molar-refractivity contribution < 1.29 is 55.3 Å². The number of benzene rings is 1. The molecule has 4 rings (SSSR count). The van der Waals surface area contributed by atoms with Crippen LogP contribution in [-0.2, 0) is 40.9 Å². The highest BCUT2D eigenvalue weighted by Crippen LogP contribution is 2.32. The number of hydrogen-bond donors (Lipinski definition) is 7. The zero-order valence-electron chi connectivity index (χ0n) is 22.7. The van der Waals surface area contributed by atoms with Gasteiger partial charge in [-0.1, -0.05) is 17.7 Å². The lowest BCUT2D eigenvalue weighted by Gasteiger charge is -2.16. The van der Waals surface area contributed by atoms with E-state index in [2.05, 4.69) is 15.0 Å². The summed E-state index contributed by atoms with van der Waals surface area (Å²) in [7, 11) is -8.95. The number of fused-ring (bicyclic) bond motifs is 1. The smallest absolute Gasteiger partial charge is 0.394 e. The fourth-order valence-electron chi connectivity index (χ4n) is 3.67. The molecular formula is C22H32N6O12S3. The van der Waals surface area contributed by atoms with Crippen LogP contribution in [0.5, 0.6) is 0 Å². The molecule has 1 aliphatic rings. The number of carbonyl (C=O) groups excluding carboxylic acids is 1. The number of nitrogen functional groups attached to an aromatic ring is 1. The maximum atomic E-state index is 10.7. The summed E-state index contributed by atoms with van der Waals surface area (Å²) in [6, 6.07) is 4.97. The Labute approximate surface area is 249 Å². The first-order valence-electron chi connectivity index (χ1n) is 12.0. The van der Waals surface area contributed by atoms with Gasteiger partial charge in [0.15, 0.2) is 17.7 Å². The van der Waals surface area contributed by atoms with Crippen molar-refractivity contribution in [3.63, 3.8) is 0 Å². The minimum atomic E-state index is -4.67. The fourth-order valence-corrected chi connectivity index (χ4v) is 5.81. The molecule has 0 spiro atoms. The second-order valence-electron chi connectivity index (χ2n) is 9.23. The Morgan fingerprint density at radius 2 is 1.67 bits per heavy atom. The summed E-state index contributed by atoms with van der Waals surface area (Å²) in [5, 5.41) is 31.5. The molecule has 0 radical (unpaired) electrons. The van der Waals surface area contributed by atoms with E-state index >= 15 is 0 Å². The van der Waals surface area contributed by atoms with Gasteiger partial charge in [-0.05, 0) is 30.0 Å². The number of imidazole rings is 1. The van der Waals surface area contributed by atoms with E-state index in [0.717, 1.165) is 5.56 Å². The number of aliphatic hydroxyl groups is 2. The number of rotatable bonds is 8. The van der Waals surface area contributed by atoms with E-state index in [9.17, 15) is 28.5 Å². The molecule has 0 bridgehead atoms. The minimum Gasteiger partial charge on any atom is -0.548 e. The number of carbonyl (C=O) groups is 1. The largest absolute Gasteiger partial charge is 0.548 e. The standard InChI is InChI=1S/C15H22N6O5S.C7H8O3S.H2O4S/c1-27(3-2-7(16)15(24)25)4-8-10(22)11(23)14(26-8)21-6-20-9-12(17)18-5-19-13(9)21;1-6-2-4-7(5-3-6)11(8,9)10;1-5(2,3)4/h5-8,10-11,14,22-23H,2-4,16H2,1H3,(H2-,17,18,19,24,25);2-5H,1H3,(H,8,9,10);(H2,1,2,3,4)/t7-,8+,10+,11+,14+,27?;;/m0../s1. The monoisotopic (exact) mass is 668 g/mol. The van der Waals surface area contributed by atoms with E-state index in [1.165, 1.54) is 29.4 Å². The summed E-state index contributed by atoms with van der Waals surface area (Å²) < 4.78 is 68.5. The molecule has 6 atom stereocenters. The topological polar surface area (TPSA) is 314 Å². The maximum absolute atomic E-state index is 10.7. The molecule has 2 aromatic heterocycles. The lowest BCUT2D eigenvalue weighted by atomic mass is 10.1. The van der Waals surface area contributed by atoms with Crippen LogP contribution in [0.1, 0.15) is 18.2 Å². The van der Waals surface area contributed by atoms with Gasteiger partial charge in [-0.2, -0.15) is 16.8 Å². The first-order valence-corrected chi connectivity index (χ1v) is 16.8. The average molecular weight is 669 g/mol. The molecule has 1 unspecified atom stereocenters. The highest BCUT2D eigenvalue weighted by Gasteiger charge is 2.46. The number of anilines is 1. The molecule has 18 nitrogen and oxygen atoms in total. The molecule has 3 heterocycles. The molecule has 0 saturated carbocycles. The summed E-state index contributed by atoms with van der Waals surface area (Å²) >= 11 is 0. The van der Waals surface area contributed by atoms with Crippen molar-refractivity contribution in [1.29, 1.82) is 0 Å². The summed E-state index contributed by atoms with van der Waals surface area (Å²) in [6.45, 7) is 1.84. The van der Waals surface area contributed by atoms with Gasteiger partial charge in [0.05, 0.1) is 23.4 Å². The van der Waals surface area contributed by atoms with Crippen LogP contribution in [0.15, 0.2) is 41.8 Å². The lowest BCUT2D eigenvalue weighted by molar-refractivity contribution is -0.307. The minimum absolute atomic E-state index is 0.0666. The van der Waals surface area contributed by atoms with Gasteiger partial charge in [0.2, 0.25) is 0 Å². The average Bonchev–Trinajstić information content (AvgIpc) is 3.43. The van der Waals surface area contributed by atoms with E-state index in [1.54, 1.807) is 12.1 Å². The van der Waals surface area contributed by atoms with Gasteiger partial charge in [0, 0.05) is 12.5 Å². The molecule has 1 aromatic carbocycles. The highest BCUT2D eigenvalue weighted by molar-refractivity contribution is 7.96. The Kier molecular flexibility index (Phi) is 12.7. The Morgan fingerprint density at radius 1 is 1.09 bits per heavy atom. The van der Waals surface area contributed by atoms with Crippen molar-refractivity contribution in [1.82, 2.24) is 19.5 Å². The Bertz CT molecular complexity index is 1580. The molecule has 0 amide bonds. The molecule has 1 saturated heterocycles. The van der Waals surface area contributed by atoms with Crippen LogP contribution in [0, 0.1) is 6.92 Å². The fraction of sp³-hybridized carbons (Fsp3) is 0.455. The van der Waals surface area contributed by atoms with E-state index in [4.69, 9.17) is 38.3 Å². The number of carboxylic acids is 1. The van der Waals surface area contributed by atoms with Gasteiger partial charge in [-0.25, -0.2) is 15.0 Å². The Morgan fingerprint density at radius 3 is 2.21 bits per heavy atom. The zero-order valence-corrected chi connectivity index (χ0v) is 25.2. The Balaban J connectivity index is 0.000000332. The van der Waals surface area contributed by atoms with E-state index < -0.39 is 57.1 Å². The third kappa shape index (κ3) is 11.2. The van der Waals surface area contributed by atoms with E-state index in [-0.39, 0.29) is 28.0 Å². The number of aliphatic carboxylic acids is 1. The van der Waals surface area contributed by atoms with Crippen LogP contribution in [0.2, 0.25) is 0 Å². The molecule has 0 aliphatic carbocycles. The molecule has 21 heteroatoms. The third-order valence-corrected chi connectivity index (χ3v) is 8.54.